The third-order valence-electron chi connectivity index (χ3n) is 4.88. The van der Waals surface area contributed by atoms with Crippen LogP contribution < -0.4 is 16.0 Å². The maximum absolute atomic E-state index is 12.5. The summed E-state index contributed by atoms with van der Waals surface area (Å²) >= 11 is 0. The molecule has 174 valence electrons. The molecule has 2 rings (SSSR count). The topological polar surface area (TPSA) is 98.3 Å². The van der Waals surface area contributed by atoms with Crippen LogP contribution in [0.4, 0.5) is 0 Å². The SMILES string of the molecule is CN=C(NCCN(C)CCCOC)NCc1ccc(C(=O)N2CCNC(=O)C2)cc1.I. The summed E-state index contributed by atoms with van der Waals surface area (Å²) in [4.78, 5) is 32.1. The summed E-state index contributed by atoms with van der Waals surface area (Å²) in [5, 5.41) is 9.31. The molecule has 10 heteroatoms. The molecule has 1 aromatic rings. The van der Waals surface area contributed by atoms with Crippen molar-refractivity contribution in [3.8, 4) is 0 Å². The third kappa shape index (κ3) is 9.83. The molecule has 9 nitrogen and oxygen atoms in total. The number of likely N-dealkylation sites (N-methyl/N-ethyl adjacent to an activating group) is 1. The van der Waals surface area contributed by atoms with E-state index in [2.05, 4.69) is 32.9 Å². The Hall–Kier alpha value is -1.92. The van der Waals surface area contributed by atoms with Crippen molar-refractivity contribution >= 4 is 41.8 Å². The van der Waals surface area contributed by atoms with Gasteiger partial charge >= 0.3 is 0 Å². The molecule has 3 N–H and O–H groups in total. The Labute approximate surface area is 202 Å². The van der Waals surface area contributed by atoms with Crippen LogP contribution >= 0.6 is 24.0 Å². The van der Waals surface area contributed by atoms with Crippen LogP contribution in [0.1, 0.15) is 22.3 Å². The third-order valence-corrected chi connectivity index (χ3v) is 4.88. The number of hydrogen-bond donors (Lipinski definition) is 3. The van der Waals surface area contributed by atoms with Crippen LogP contribution in [-0.2, 0) is 16.1 Å². The Morgan fingerprint density at radius 1 is 1.26 bits per heavy atom. The van der Waals surface area contributed by atoms with Gasteiger partial charge < -0.3 is 30.5 Å². The van der Waals surface area contributed by atoms with Crippen molar-refractivity contribution in [2.24, 2.45) is 4.99 Å². The van der Waals surface area contributed by atoms with Gasteiger partial charge in [0.2, 0.25) is 5.91 Å². The second-order valence-corrected chi connectivity index (χ2v) is 7.28. The van der Waals surface area contributed by atoms with Crippen molar-refractivity contribution in [3.05, 3.63) is 35.4 Å². The fourth-order valence-corrected chi connectivity index (χ4v) is 3.12. The summed E-state index contributed by atoms with van der Waals surface area (Å²) in [7, 11) is 5.55. The van der Waals surface area contributed by atoms with E-state index < -0.39 is 0 Å². The van der Waals surface area contributed by atoms with Crippen LogP contribution in [0.25, 0.3) is 0 Å². The Kier molecular flexibility index (Phi) is 13.1. The number of piperazine rings is 1. The van der Waals surface area contributed by atoms with Gasteiger partial charge in [-0.05, 0) is 31.2 Å². The zero-order valence-electron chi connectivity index (χ0n) is 18.6. The normalized spacial score (nSPS) is 14.1. The molecule has 2 amide bonds. The highest BCUT2D eigenvalue weighted by molar-refractivity contribution is 14.0. The zero-order valence-corrected chi connectivity index (χ0v) is 21.0. The molecule has 0 spiro atoms. The molecular formula is C21H35IN6O3. The molecule has 0 atom stereocenters. The van der Waals surface area contributed by atoms with Gasteiger partial charge in [0, 0.05) is 65.6 Å². The van der Waals surface area contributed by atoms with Gasteiger partial charge in [-0.2, -0.15) is 0 Å². The molecule has 1 saturated heterocycles. The highest BCUT2D eigenvalue weighted by Crippen LogP contribution is 2.09. The molecule has 0 aliphatic carbocycles. The number of rotatable bonds is 10. The number of ether oxygens (including phenoxy) is 1. The first kappa shape index (κ1) is 27.1. The fourth-order valence-electron chi connectivity index (χ4n) is 3.12. The molecule has 0 aromatic heterocycles. The molecule has 1 aromatic carbocycles. The Bertz CT molecular complexity index is 714. The molecular weight excluding hydrogens is 511 g/mol. The molecule has 0 saturated carbocycles. The van der Waals surface area contributed by atoms with Gasteiger partial charge in [0.1, 0.15) is 0 Å². The number of guanidine groups is 1. The van der Waals surface area contributed by atoms with Gasteiger partial charge in [-0.25, -0.2) is 0 Å². The van der Waals surface area contributed by atoms with Crippen LogP contribution in [0.15, 0.2) is 29.3 Å². The number of aliphatic imine (C=N–C) groups is 1. The number of carbonyl (C=O) groups excluding carboxylic acids is 2. The summed E-state index contributed by atoms with van der Waals surface area (Å²) < 4.78 is 5.07. The van der Waals surface area contributed by atoms with Gasteiger partial charge in [-0.1, -0.05) is 12.1 Å². The van der Waals surface area contributed by atoms with E-state index in [9.17, 15) is 9.59 Å². The van der Waals surface area contributed by atoms with Gasteiger partial charge in [-0.3, -0.25) is 14.6 Å². The van der Waals surface area contributed by atoms with Gasteiger partial charge in [0.15, 0.2) is 5.96 Å². The average Bonchev–Trinajstić information content (AvgIpc) is 2.76. The van der Waals surface area contributed by atoms with Gasteiger partial charge in [-0.15, -0.1) is 24.0 Å². The highest BCUT2D eigenvalue weighted by atomic mass is 127. The van der Waals surface area contributed by atoms with E-state index in [1.165, 1.54) is 0 Å². The minimum Gasteiger partial charge on any atom is -0.385 e. The van der Waals surface area contributed by atoms with Crippen molar-refractivity contribution in [1.82, 2.24) is 25.8 Å². The lowest BCUT2D eigenvalue weighted by atomic mass is 10.1. The summed E-state index contributed by atoms with van der Waals surface area (Å²) in [5.41, 5.74) is 1.63. The molecule has 1 heterocycles. The monoisotopic (exact) mass is 546 g/mol. The van der Waals surface area contributed by atoms with Gasteiger partial charge in [0.25, 0.3) is 5.91 Å². The van der Waals surface area contributed by atoms with Crippen molar-refractivity contribution < 1.29 is 14.3 Å². The van der Waals surface area contributed by atoms with Crippen molar-refractivity contribution in [1.29, 1.82) is 0 Å². The molecule has 0 radical (unpaired) electrons. The van der Waals surface area contributed by atoms with Crippen LogP contribution in [0, 0.1) is 0 Å². The van der Waals surface area contributed by atoms with Crippen molar-refractivity contribution in [2.45, 2.75) is 13.0 Å². The Balaban J connectivity index is 0.00000480. The van der Waals surface area contributed by atoms with E-state index in [0.717, 1.165) is 44.2 Å². The van der Waals surface area contributed by atoms with Gasteiger partial charge in [0.05, 0.1) is 6.54 Å². The van der Waals surface area contributed by atoms with E-state index in [0.29, 0.717) is 25.2 Å². The predicted octanol–water partition coefficient (Wildman–Crippen LogP) is 0.510. The largest absolute Gasteiger partial charge is 0.385 e. The van der Waals surface area contributed by atoms with Crippen LogP contribution in [0.2, 0.25) is 0 Å². The number of nitrogens with one attached hydrogen (secondary N) is 3. The Morgan fingerprint density at radius 3 is 2.65 bits per heavy atom. The summed E-state index contributed by atoms with van der Waals surface area (Å²) in [5.74, 6) is 0.506. The summed E-state index contributed by atoms with van der Waals surface area (Å²) in [6, 6.07) is 7.44. The molecule has 0 unspecified atom stereocenters. The molecule has 31 heavy (non-hydrogen) atoms. The summed E-state index contributed by atoms with van der Waals surface area (Å²) in [6.45, 7) is 5.23. The lowest BCUT2D eigenvalue weighted by molar-refractivity contribution is -0.123. The molecule has 0 bridgehead atoms. The minimum atomic E-state index is -0.115. The van der Waals surface area contributed by atoms with Crippen LogP contribution in [-0.4, -0.2) is 94.7 Å². The number of methoxy groups -OCH3 is 1. The number of hydrogen-bond acceptors (Lipinski definition) is 5. The quantitative estimate of drug-likeness (QED) is 0.171. The first-order valence-electron chi connectivity index (χ1n) is 10.3. The summed E-state index contributed by atoms with van der Waals surface area (Å²) in [6.07, 6.45) is 1.02. The number of benzene rings is 1. The van der Waals surface area contributed by atoms with E-state index in [-0.39, 0.29) is 42.3 Å². The maximum Gasteiger partial charge on any atom is 0.254 e. The van der Waals surface area contributed by atoms with Crippen molar-refractivity contribution in [3.63, 3.8) is 0 Å². The van der Waals surface area contributed by atoms with Crippen LogP contribution in [0.5, 0.6) is 0 Å². The smallest absolute Gasteiger partial charge is 0.254 e. The predicted molar refractivity (Wildman–Crippen MR) is 133 cm³/mol. The van der Waals surface area contributed by atoms with Crippen LogP contribution in [0.3, 0.4) is 0 Å². The highest BCUT2D eigenvalue weighted by Gasteiger charge is 2.22. The standard InChI is InChI=1S/C21H34N6O3.HI/c1-22-21(24-9-12-26(2)11-4-14-30-3)25-15-17-5-7-18(8-6-17)20(29)27-13-10-23-19(28)16-27;/h5-8H,4,9-16H2,1-3H3,(H,23,28)(H2,22,24,25);1H. The maximum atomic E-state index is 12.5. The molecule has 1 aliphatic rings. The second-order valence-electron chi connectivity index (χ2n) is 7.28. The number of halogens is 1. The second kappa shape index (κ2) is 15.0. The molecule has 1 fully saturated rings. The minimum absolute atomic E-state index is 0. The van der Waals surface area contributed by atoms with E-state index in [1.54, 1.807) is 31.2 Å². The lowest BCUT2D eigenvalue weighted by Gasteiger charge is -2.26. The number of amides is 2. The lowest BCUT2D eigenvalue weighted by Crippen LogP contribution is -2.49. The van der Waals surface area contributed by atoms with E-state index in [4.69, 9.17) is 4.74 Å². The fraction of sp³-hybridized carbons (Fsp3) is 0.571. The average molecular weight is 546 g/mol. The number of nitrogens with zero attached hydrogens (tertiary/aromatic N) is 3. The van der Waals surface area contributed by atoms with E-state index in [1.807, 2.05) is 12.1 Å². The Morgan fingerprint density at radius 2 is 2.00 bits per heavy atom. The van der Waals surface area contributed by atoms with E-state index >= 15 is 0 Å². The first-order valence-corrected chi connectivity index (χ1v) is 10.3. The zero-order chi connectivity index (χ0) is 21.8. The van der Waals surface area contributed by atoms with Crippen molar-refractivity contribution in [2.75, 3.05) is 67.1 Å². The first-order chi connectivity index (χ1) is 14.5. The molecule has 1 aliphatic heterocycles. The number of carbonyl (C=O) groups is 2.